The van der Waals surface area contributed by atoms with E-state index >= 15 is 0 Å². The maximum atomic E-state index is 13.3. The molecule has 0 fully saturated rings. The number of hydrogen-bond donors (Lipinski definition) is 0. The summed E-state index contributed by atoms with van der Waals surface area (Å²) >= 11 is 12.2. The lowest BCUT2D eigenvalue weighted by Crippen LogP contribution is -2.37. The van der Waals surface area contributed by atoms with Crippen LogP contribution in [0, 0.1) is 0 Å². The molecule has 0 bridgehead atoms. The summed E-state index contributed by atoms with van der Waals surface area (Å²) in [5, 5.41) is 12.7. The largest absolute Gasteiger partial charge is 0.348 e. The molecule has 1 aliphatic heterocycles. The van der Waals surface area contributed by atoms with E-state index in [4.69, 9.17) is 28.3 Å². The third kappa shape index (κ3) is 4.08. The smallest absolute Gasteiger partial charge is 0.301 e. The van der Waals surface area contributed by atoms with Crippen LogP contribution in [-0.4, -0.2) is 32.9 Å². The first-order valence-corrected chi connectivity index (χ1v) is 12.8. The highest BCUT2D eigenvalue weighted by Gasteiger charge is 2.49. The van der Waals surface area contributed by atoms with Gasteiger partial charge in [-0.25, -0.2) is 14.5 Å². The summed E-state index contributed by atoms with van der Waals surface area (Å²) in [5.41, 5.74) is 4.54. The van der Waals surface area contributed by atoms with Crippen molar-refractivity contribution in [2.75, 3.05) is 11.6 Å². The highest BCUT2D eigenvalue weighted by Crippen LogP contribution is 2.46. The average Bonchev–Trinajstić information content (AvgIpc) is 3.57. The second-order valence-electron chi connectivity index (χ2n) is 9.40. The highest BCUT2D eigenvalue weighted by molar-refractivity contribution is 6.31. The fourth-order valence-corrected chi connectivity index (χ4v) is 5.71. The molecule has 6 rings (SSSR count). The quantitative estimate of drug-likeness (QED) is 0.338. The first-order valence-electron chi connectivity index (χ1n) is 12.1. The Kier molecular flexibility index (Phi) is 5.97. The summed E-state index contributed by atoms with van der Waals surface area (Å²) in [7, 11) is 0. The lowest BCUT2D eigenvalue weighted by Gasteiger charge is -2.27. The minimum atomic E-state index is -0.369. The van der Waals surface area contributed by atoms with E-state index in [2.05, 4.69) is 29.4 Å². The lowest BCUT2D eigenvalue weighted by molar-refractivity contribution is -0.108. The molecule has 0 saturated heterocycles. The van der Waals surface area contributed by atoms with Crippen LogP contribution in [0.1, 0.15) is 28.7 Å². The Morgan fingerprint density at radius 2 is 1.65 bits per heavy atom. The number of benzene rings is 3. The Labute approximate surface area is 223 Å². The molecule has 4 aromatic rings. The van der Waals surface area contributed by atoms with E-state index in [1.165, 1.54) is 20.4 Å². The molecule has 7 nitrogen and oxygen atoms in total. The number of aryl methyl sites for hydroxylation is 1. The van der Waals surface area contributed by atoms with Crippen molar-refractivity contribution in [3.63, 3.8) is 0 Å². The van der Waals surface area contributed by atoms with Crippen LogP contribution in [0.25, 0.3) is 0 Å². The summed E-state index contributed by atoms with van der Waals surface area (Å²) in [6.45, 7) is 0.656. The Morgan fingerprint density at radius 3 is 2.38 bits per heavy atom. The Hall–Kier alpha value is -3.68. The van der Waals surface area contributed by atoms with E-state index in [0.29, 0.717) is 28.8 Å². The van der Waals surface area contributed by atoms with Crippen LogP contribution in [0.5, 0.6) is 0 Å². The second-order valence-corrected chi connectivity index (χ2v) is 10.3. The summed E-state index contributed by atoms with van der Waals surface area (Å²) in [4.78, 5) is 24.8. The van der Waals surface area contributed by atoms with Crippen LogP contribution in [0.4, 0.5) is 5.95 Å². The van der Waals surface area contributed by atoms with E-state index in [9.17, 15) is 9.59 Å². The molecule has 9 heteroatoms. The monoisotopic (exact) mass is 531 g/mol. The fourth-order valence-electron chi connectivity index (χ4n) is 5.46. The van der Waals surface area contributed by atoms with E-state index in [-0.39, 0.29) is 24.2 Å². The predicted octanol–water partition coefficient (Wildman–Crippen LogP) is 4.71. The Balaban J connectivity index is 1.46. The fraction of sp³-hybridized carbons (Fsp3) is 0.214. The van der Waals surface area contributed by atoms with Crippen molar-refractivity contribution in [3.8, 4) is 0 Å². The number of halogens is 2. The summed E-state index contributed by atoms with van der Waals surface area (Å²) in [6, 6.07) is 23.4. The lowest BCUT2D eigenvalue weighted by atomic mass is 9.75. The number of anilines is 1. The van der Waals surface area contributed by atoms with Crippen LogP contribution in [0.2, 0.25) is 10.0 Å². The van der Waals surface area contributed by atoms with Gasteiger partial charge < -0.3 is 4.79 Å². The van der Waals surface area contributed by atoms with Gasteiger partial charge in [-0.3, -0.25) is 4.57 Å². The molecule has 2 heterocycles. The van der Waals surface area contributed by atoms with Crippen LogP contribution in [-0.2, 0) is 29.7 Å². The number of aromatic nitrogens is 3. The number of nitrogens with zero attached hydrogens (tertiary/aromatic N) is 5. The molecule has 3 aromatic carbocycles. The number of hydrazone groups is 1. The minimum absolute atomic E-state index is 0.110. The van der Waals surface area contributed by atoms with Gasteiger partial charge in [0, 0.05) is 10.0 Å². The van der Waals surface area contributed by atoms with Gasteiger partial charge in [0.2, 0.25) is 5.95 Å². The molecule has 1 unspecified atom stereocenters. The van der Waals surface area contributed by atoms with Crippen molar-refractivity contribution in [3.05, 3.63) is 116 Å². The first kappa shape index (κ1) is 23.7. The summed E-state index contributed by atoms with van der Waals surface area (Å²) in [5.74, 6) is 0.346. The van der Waals surface area contributed by atoms with Gasteiger partial charge in [-0.05, 0) is 59.4 Å². The molecule has 1 aromatic heterocycles. The Morgan fingerprint density at radius 1 is 0.946 bits per heavy atom. The van der Waals surface area contributed by atoms with Crippen molar-refractivity contribution in [1.29, 1.82) is 0 Å². The van der Waals surface area contributed by atoms with Crippen LogP contribution < -0.4 is 10.7 Å². The maximum Gasteiger partial charge on any atom is 0.348 e. The molecule has 0 N–H and O–H groups in total. The number of hydrogen-bond acceptors (Lipinski definition) is 5. The molecule has 0 radical (unpaired) electrons. The number of rotatable bonds is 6. The summed E-state index contributed by atoms with van der Waals surface area (Å²) in [6.07, 6.45) is 2.52. The van der Waals surface area contributed by atoms with Crippen LogP contribution >= 0.6 is 23.2 Å². The van der Waals surface area contributed by atoms with Gasteiger partial charge in [0.25, 0.3) is 0 Å². The number of fused-ring (bicyclic) bond motifs is 2. The van der Waals surface area contributed by atoms with E-state index < -0.39 is 0 Å². The normalized spacial score (nSPS) is 18.3. The second kappa shape index (κ2) is 9.32. The van der Waals surface area contributed by atoms with Gasteiger partial charge in [0.1, 0.15) is 6.29 Å². The third-order valence-corrected chi connectivity index (χ3v) is 7.71. The number of aldehydes is 1. The van der Waals surface area contributed by atoms with Crippen LogP contribution in [0.3, 0.4) is 0 Å². The molecular weight excluding hydrogens is 509 g/mol. The maximum absolute atomic E-state index is 13.3. The molecular formula is C28H23Cl2N5O2. The zero-order chi connectivity index (χ0) is 25.6. The standard InChI is InChI=1S/C28H23Cl2N5O2/c29-22-9-5-19(6-10-22)17-34-27(37)33(15-16-36)26(32-34)35-18-28(14-13-20-3-1-2-4-24(20)28)25(31-35)21-7-11-23(30)12-8-21/h1-12,16H,13-15,17-18H2. The number of carbonyl (C=O) groups is 1. The molecule has 2 aliphatic rings. The first-order chi connectivity index (χ1) is 18.0. The molecule has 1 aliphatic carbocycles. The highest BCUT2D eigenvalue weighted by atomic mass is 35.5. The zero-order valence-electron chi connectivity index (χ0n) is 19.8. The number of carbonyl (C=O) groups excluding carboxylic acids is 1. The van der Waals surface area contributed by atoms with Crippen molar-refractivity contribution < 1.29 is 4.79 Å². The molecule has 0 amide bonds. The molecule has 1 atom stereocenters. The van der Waals surface area contributed by atoms with Gasteiger partial charge in [-0.1, -0.05) is 71.7 Å². The van der Waals surface area contributed by atoms with E-state index in [0.717, 1.165) is 29.7 Å². The predicted molar refractivity (Wildman–Crippen MR) is 145 cm³/mol. The van der Waals surface area contributed by atoms with Crippen LogP contribution in [0.15, 0.2) is 82.7 Å². The van der Waals surface area contributed by atoms with Gasteiger partial charge in [-0.15, -0.1) is 5.10 Å². The van der Waals surface area contributed by atoms with Gasteiger partial charge in [0.05, 0.1) is 30.8 Å². The molecule has 186 valence electrons. The SMILES string of the molecule is O=CCn1c(N2CC3(CCc4ccccc43)C(c3ccc(Cl)cc3)=N2)nn(Cc2ccc(Cl)cc2)c1=O. The molecule has 0 saturated carbocycles. The van der Waals surface area contributed by atoms with Crippen molar-refractivity contribution in [1.82, 2.24) is 14.3 Å². The zero-order valence-corrected chi connectivity index (χ0v) is 21.4. The van der Waals surface area contributed by atoms with Crippen molar-refractivity contribution in [2.45, 2.75) is 31.3 Å². The van der Waals surface area contributed by atoms with Gasteiger partial charge in [0.15, 0.2) is 0 Å². The van der Waals surface area contributed by atoms with Gasteiger partial charge >= 0.3 is 5.69 Å². The van der Waals surface area contributed by atoms with E-state index in [1.807, 2.05) is 36.4 Å². The summed E-state index contributed by atoms with van der Waals surface area (Å²) < 4.78 is 2.75. The third-order valence-electron chi connectivity index (χ3n) is 7.20. The molecule has 1 spiro atoms. The minimum Gasteiger partial charge on any atom is -0.301 e. The average molecular weight is 532 g/mol. The molecule has 37 heavy (non-hydrogen) atoms. The van der Waals surface area contributed by atoms with E-state index in [1.54, 1.807) is 17.1 Å². The van der Waals surface area contributed by atoms with Crippen molar-refractivity contribution in [2.24, 2.45) is 5.10 Å². The Bertz CT molecular complexity index is 1570. The van der Waals surface area contributed by atoms with Gasteiger partial charge in [-0.2, -0.15) is 5.10 Å². The van der Waals surface area contributed by atoms with Crippen molar-refractivity contribution >= 4 is 41.1 Å². The topological polar surface area (TPSA) is 72.5 Å².